The normalized spacial score (nSPS) is 32.7. The lowest BCUT2D eigenvalue weighted by atomic mass is 9.95. The first-order chi connectivity index (χ1) is 8.66. The van der Waals surface area contributed by atoms with Gasteiger partial charge in [-0.05, 0) is 58.8 Å². The molecule has 0 aromatic heterocycles. The van der Waals surface area contributed by atoms with Gasteiger partial charge in [-0.3, -0.25) is 0 Å². The van der Waals surface area contributed by atoms with Crippen LogP contribution in [0.4, 0.5) is 0 Å². The minimum atomic E-state index is -0.0544. The standard InChI is InChI=1S/C15H30N2O/c1-16-10-8-14(9-11-16)17(2)12-13-6-4-3-5-7-15(13)18/h13-15,18H,3-12H2,1-2H3. The van der Waals surface area contributed by atoms with E-state index in [0.29, 0.717) is 5.92 Å². The molecule has 1 aliphatic carbocycles. The van der Waals surface area contributed by atoms with E-state index in [1.807, 2.05) is 0 Å². The maximum atomic E-state index is 10.2. The number of hydrogen-bond acceptors (Lipinski definition) is 3. The van der Waals surface area contributed by atoms with Crippen LogP contribution < -0.4 is 0 Å². The van der Waals surface area contributed by atoms with E-state index in [2.05, 4.69) is 23.9 Å². The number of hydrogen-bond donors (Lipinski definition) is 1. The van der Waals surface area contributed by atoms with E-state index in [0.717, 1.165) is 19.0 Å². The molecule has 2 aliphatic rings. The Labute approximate surface area is 112 Å². The summed E-state index contributed by atoms with van der Waals surface area (Å²) in [5.74, 6) is 0.511. The first-order valence-electron chi connectivity index (χ1n) is 7.73. The van der Waals surface area contributed by atoms with Crippen molar-refractivity contribution < 1.29 is 5.11 Å². The highest BCUT2D eigenvalue weighted by Crippen LogP contribution is 2.25. The first kappa shape index (κ1) is 14.3. The smallest absolute Gasteiger partial charge is 0.0580 e. The van der Waals surface area contributed by atoms with Crippen LogP contribution in [0.2, 0.25) is 0 Å². The predicted molar refractivity (Wildman–Crippen MR) is 75.7 cm³/mol. The molecule has 2 unspecified atom stereocenters. The van der Waals surface area contributed by atoms with Gasteiger partial charge in [-0.1, -0.05) is 19.3 Å². The number of piperidine rings is 1. The molecule has 0 radical (unpaired) electrons. The van der Waals surface area contributed by atoms with Gasteiger partial charge in [-0.15, -0.1) is 0 Å². The van der Waals surface area contributed by atoms with Crippen LogP contribution >= 0.6 is 0 Å². The molecule has 1 heterocycles. The SMILES string of the molecule is CN1CCC(N(C)CC2CCCCCC2O)CC1. The van der Waals surface area contributed by atoms with Crippen molar-refractivity contribution in [2.45, 2.75) is 57.1 Å². The number of aliphatic hydroxyl groups is 1. The Morgan fingerprint density at radius 1 is 1.06 bits per heavy atom. The van der Waals surface area contributed by atoms with E-state index in [9.17, 15) is 5.11 Å². The minimum Gasteiger partial charge on any atom is -0.393 e. The van der Waals surface area contributed by atoms with Gasteiger partial charge in [0, 0.05) is 12.6 Å². The molecule has 1 aliphatic heterocycles. The van der Waals surface area contributed by atoms with Crippen LogP contribution in [0.3, 0.4) is 0 Å². The Bertz CT molecular complexity index is 239. The summed E-state index contributed by atoms with van der Waals surface area (Å²) in [5, 5.41) is 10.2. The molecule has 1 N–H and O–H groups in total. The maximum absolute atomic E-state index is 10.2. The molecule has 106 valence electrons. The molecule has 0 spiro atoms. The topological polar surface area (TPSA) is 26.7 Å². The molecule has 0 bridgehead atoms. The lowest BCUT2D eigenvalue weighted by molar-refractivity contribution is 0.0575. The highest BCUT2D eigenvalue weighted by Gasteiger charge is 2.26. The fourth-order valence-corrected chi connectivity index (χ4v) is 3.53. The quantitative estimate of drug-likeness (QED) is 0.780. The Kier molecular flexibility index (Phi) is 5.46. The van der Waals surface area contributed by atoms with Crippen molar-refractivity contribution in [2.24, 2.45) is 5.92 Å². The number of likely N-dealkylation sites (tertiary alicyclic amines) is 1. The zero-order valence-corrected chi connectivity index (χ0v) is 12.1. The average molecular weight is 254 g/mol. The van der Waals surface area contributed by atoms with Crippen molar-refractivity contribution in [3.05, 3.63) is 0 Å². The molecule has 2 atom stereocenters. The van der Waals surface area contributed by atoms with Crippen molar-refractivity contribution in [3.8, 4) is 0 Å². The van der Waals surface area contributed by atoms with E-state index in [-0.39, 0.29) is 6.10 Å². The molecule has 1 saturated heterocycles. The van der Waals surface area contributed by atoms with Gasteiger partial charge in [0.1, 0.15) is 0 Å². The van der Waals surface area contributed by atoms with Gasteiger partial charge >= 0.3 is 0 Å². The second-order valence-electron chi connectivity index (χ2n) is 6.44. The van der Waals surface area contributed by atoms with Crippen LogP contribution in [0.25, 0.3) is 0 Å². The molecule has 3 heteroatoms. The van der Waals surface area contributed by atoms with E-state index in [4.69, 9.17) is 0 Å². The zero-order valence-electron chi connectivity index (χ0n) is 12.1. The monoisotopic (exact) mass is 254 g/mol. The number of nitrogens with zero attached hydrogens (tertiary/aromatic N) is 2. The Balaban J connectivity index is 1.80. The Hall–Kier alpha value is -0.120. The van der Waals surface area contributed by atoms with Gasteiger partial charge in [0.25, 0.3) is 0 Å². The second-order valence-corrected chi connectivity index (χ2v) is 6.44. The summed E-state index contributed by atoms with van der Waals surface area (Å²) in [6.45, 7) is 3.54. The summed E-state index contributed by atoms with van der Waals surface area (Å²) in [4.78, 5) is 4.94. The molecule has 3 nitrogen and oxygen atoms in total. The van der Waals surface area contributed by atoms with Crippen molar-refractivity contribution in [1.29, 1.82) is 0 Å². The maximum Gasteiger partial charge on any atom is 0.0580 e. The van der Waals surface area contributed by atoms with Crippen LogP contribution in [0.5, 0.6) is 0 Å². The van der Waals surface area contributed by atoms with Crippen molar-refractivity contribution in [3.63, 3.8) is 0 Å². The number of rotatable bonds is 3. The average Bonchev–Trinajstić information content (AvgIpc) is 2.56. The van der Waals surface area contributed by atoms with Crippen molar-refractivity contribution in [1.82, 2.24) is 9.80 Å². The van der Waals surface area contributed by atoms with Crippen LogP contribution in [0.1, 0.15) is 44.9 Å². The largest absolute Gasteiger partial charge is 0.393 e. The summed E-state index contributed by atoms with van der Waals surface area (Å²) >= 11 is 0. The van der Waals surface area contributed by atoms with Gasteiger partial charge in [-0.25, -0.2) is 0 Å². The summed E-state index contributed by atoms with van der Waals surface area (Å²) < 4.78 is 0. The number of aliphatic hydroxyl groups excluding tert-OH is 1. The van der Waals surface area contributed by atoms with Crippen LogP contribution in [-0.2, 0) is 0 Å². The predicted octanol–water partition coefficient (Wildman–Crippen LogP) is 1.95. The first-order valence-corrected chi connectivity index (χ1v) is 7.73. The third-order valence-corrected chi connectivity index (χ3v) is 4.95. The third-order valence-electron chi connectivity index (χ3n) is 4.95. The highest BCUT2D eigenvalue weighted by molar-refractivity contribution is 4.81. The van der Waals surface area contributed by atoms with Crippen LogP contribution in [0.15, 0.2) is 0 Å². The fourth-order valence-electron chi connectivity index (χ4n) is 3.53. The molecule has 1 saturated carbocycles. The van der Waals surface area contributed by atoms with E-state index in [1.54, 1.807) is 0 Å². The molecule has 2 rings (SSSR count). The molecule has 0 aromatic rings. The third kappa shape index (κ3) is 3.94. The Morgan fingerprint density at radius 3 is 2.44 bits per heavy atom. The van der Waals surface area contributed by atoms with Gasteiger partial charge < -0.3 is 14.9 Å². The summed E-state index contributed by atoms with van der Waals surface area (Å²) in [7, 11) is 4.47. The van der Waals surface area contributed by atoms with Crippen LogP contribution in [-0.4, -0.2) is 60.8 Å². The van der Waals surface area contributed by atoms with Crippen molar-refractivity contribution >= 4 is 0 Å². The van der Waals surface area contributed by atoms with Crippen molar-refractivity contribution in [2.75, 3.05) is 33.7 Å². The zero-order chi connectivity index (χ0) is 13.0. The molecule has 18 heavy (non-hydrogen) atoms. The summed E-state index contributed by atoms with van der Waals surface area (Å²) in [6.07, 6.45) is 8.60. The van der Waals surface area contributed by atoms with Gasteiger partial charge in [0.05, 0.1) is 6.10 Å². The minimum absolute atomic E-state index is 0.0544. The second kappa shape index (κ2) is 6.88. The molecule has 2 fully saturated rings. The molecular weight excluding hydrogens is 224 g/mol. The van der Waals surface area contributed by atoms with Gasteiger partial charge in [-0.2, -0.15) is 0 Å². The lowest BCUT2D eigenvalue weighted by Crippen LogP contribution is -2.44. The molecular formula is C15H30N2O. The van der Waals surface area contributed by atoms with E-state index >= 15 is 0 Å². The fraction of sp³-hybridized carbons (Fsp3) is 1.00. The van der Waals surface area contributed by atoms with Crippen LogP contribution in [0, 0.1) is 5.92 Å². The highest BCUT2D eigenvalue weighted by atomic mass is 16.3. The molecule has 0 aromatic carbocycles. The Morgan fingerprint density at radius 2 is 1.72 bits per heavy atom. The van der Waals surface area contributed by atoms with Gasteiger partial charge in [0.15, 0.2) is 0 Å². The summed E-state index contributed by atoms with van der Waals surface area (Å²) in [5.41, 5.74) is 0. The van der Waals surface area contributed by atoms with Gasteiger partial charge in [0.2, 0.25) is 0 Å². The molecule has 0 amide bonds. The van der Waals surface area contributed by atoms with E-state index in [1.165, 1.54) is 51.6 Å². The lowest BCUT2D eigenvalue weighted by Gasteiger charge is -2.37. The summed E-state index contributed by atoms with van der Waals surface area (Å²) in [6, 6.07) is 0.733. The van der Waals surface area contributed by atoms with E-state index < -0.39 is 0 Å².